The van der Waals surface area contributed by atoms with Crippen LogP contribution in [-0.2, 0) is 10.0 Å². The second-order valence-electron chi connectivity index (χ2n) is 4.59. The van der Waals surface area contributed by atoms with Gasteiger partial charge in [0.2, 0.25) is 10.0 Å². The number of rotatable bonds is 7. The zero-order valence-corrected chi connectivity index (χ0v) is 13.5. The first-order valence-corrected chi connectivity index (χ1v) is 8.62. The van der Waals surface area contributed by atoms with Gasteiger partial charge in [-0.15, -0.1) is 0 Å². The van der Waals surface area contributed by atoms with Crippen LogP contribution in [0.3, 0.4) is 0 Å². The van der Waals surface area contributed by atoms with Gasteiger partial charge in [0.25, 0.3) is 0 Å². The van der Waals surface area contributed by atoms with Gasteiger partial charge in [0.15, 0.2) is 0 Å². The van der Waals surface area contributed by atoms with Gasteiger partial charge in [-0.1, -0.05) is 42.1 Å². The summed E-state index contributed by atoms with van der Waals surface area (Å²) < 4.78 is 40.8. The summed E-state index contributed by atoms with van der Waals surface area (Å²) in [7, 11) is -3.79. The van der Waals surface area contributed by atoms with E-state index in [0.717, 1.165) is 31.7 Å². The summed E-state index contributed by atoms with van der Waals surface area (Å²) in [4.78, 5) is -0.307. The van der Waals surface area contributed by atoms with Crippen LogP contribution in [0.1, 0.15) is 39.5 Å². The summed E-state index contributed by atoms with van der Waals surface area (Å²) in [5, 5.41) is 0. The molecule has 0 aliphatic rings. The van der Waals surface area contributed by atoms with Gasteiger partial charge in [0, 0.05) is 10.5 Å². The van der Waals surface area contributed by atoms with Crippen LogP contribution in [0.15, 0.2) is 27.6 Å². The Kier molecular flexibility index (Phi) is 6.42. The van der Waals surface area contributed by atoms with Crippen molar-refractivity contribution in [2.24, 2.45) is 0 Å². The topological polar surface area (TPSA) is 46.2 Å². The molecule has 1 atom stereocenters. The van der Waals surface area contributed by atoms with Crippen molar-refractivity contribution < 1.29 is 12.8 Å². The van der Waals surface area contributed by atoms with Crippen molar-refractivity contribution in [3.8, 4) is 0 Å². The fourth-order valence-corrected chi connectivity index (χ4v) is 3.45. The van der Waals surface area contributed by atoms with Crippen molar-refractivity contribution in [3.05, 3.63) is 28.5 Å². The molecule has 1 aromatic rings. The van der Waals surface area contributed by atoms with Crippen LogP contribution >= 0.6 is 15.9 Å². The van der Waals surface area contributed by atoms with Crippen LogP contribution in [0.5, 0.6) is 0 Å². The second-order valence-corrected chi connectivity index (χ2v) is 7.19. The van der Waals surface area contributed by atoms with Crippen LogP contribution < -0.4 is 4.72 Å². The molecule has 1 rings (SSSR count). The molecule has 0 fully saturated rings. The standard InChI is InChI=1S/C13H19BrFNO2S/c1-3-4-5-6-10(2)16-19(17,18)13-8-7-11(14)9-12(13)15/h7-10,16H,3-6H2,1-2H3. The van der Waals surface area contributed by atoms with Gasteiger partial charge in [-0.3, -0.25) is 0 Å². The third-order valence-corrected chi connectivity index (χ3v) is 4.90. The van der Waals surface area contributed by atoms with Crippen LogP contribution in [-0.4, -0.2) is 14.5 Å². The van der Waals surface area contributed by atoms with E-state index in [1.165, 1.54) is 12.1 Å². The van der Waals surface area contributed by atoms with Crippen molar-refractivity contribution in [1.82, 2.24) is 4.72 Å². The SMILES string of the molecule is CCCCCC(C)NS(=O)(=O)c1ccc(Br)cc1F. The van der Waals surface area contributed by atoms with E-state index in [0.29, 0.717) is 4.47 Å². The largest absolute Gasteiger partial charge is 0.243 e. The summed E-state index contributed by atoms with van der Waals surface area (Å²) in [6, 6.07) is 3.73. The maximum absolute atomic E-state index is 13.7. The van der Waals surface area contributed by atoms with E-state index in [1.807, 2.05) is 0 Å². The number of benzene rings is 1. The van der Waals surface area contributed by atoms with Crippen LogP contribution in [0, 0.1) is 5.82 Å². The Balaban J connectivity index is 2.75. The number of sulfonamides is 1. The molecule has 19 heavy (non-hydrogen) atoms. The van der Waals surface area contributed by atoms with Crippen LogP contribution in [0.4, 0.5) is 4.39 Å². The molecule has 6 heteroatoms. The van der Waals surface area contributed by atoms with Gasteiger partial charge in [0.1, 0.15) is 10.7 Å². The van der Waals surface area contributed by atoms with E-state index >= 15 is 0 Å². The number of nitrogens with one attached hydrogen (secondary N) is 1. The number of hydrogen-bond donors (Lipinski definition) is 1. The van der Waals surface area contributed by atoms with Crippen molar-refractivity contribution in [2.75, 3.05) is 0 Å². The fraction of sp³-hybridized carbons (Fsp3) is 0.538. The molecule has 0 aromatic heterocycles. The molecule has 0 saturated carbocycles. The van der Waals surface area contributed by atoms with E-state index in [4.69, 9.17) is 0 Å². The molecule has 3 nitrogen and oxygen atoms in total. The molecule has 0 heterocycles. The molecular weight excluding hydrogens is 333 g/mol. The molecule has 1 aromatic carbocycles. The Morgan fingerprint density at radius 3 is 2.63 bits per heavy atom. The predicted molar refractivity (Wildman–Crippen MR) is 78.0 cm³/mol. The minimum atomic E-state index is -3.79. The number of hydrogen-bond acceptors (Lipinski definition) is 2. The minimum Gasteiger partial charge on any atom is -0.208 e. The van der Waals surface area contributed by atoms with Gasteiger partial charge in [-0.2, -0.15) is 0 Å². The van der Waals surface area contributed by atoms with E-state index < -0.39 is 15.8 Å². The van der Waals surface area contributed by atoms with Crippen molar-refractivity contribution >= 4 is 26.0 Å². The maximum Gasteiger partial charge on any atom is 0.243 e. The third kappa shape index (κ3) is 5.20. The second kappa shape index (κ2) is 7.36. The average Bonchev–Trinajstić information content (AvgIpc) is 2.27. The first kappa shape index (κ1) is 16.6. The Morgan fingerprint density at radius 2 is 2.05 bits per heavy atom. The van der Waals surface area contributed by atoms with Gasteiger partial charge >= 0.3 is 0 Å². The minimum absolute atomic E-state index is 0.195. The highest BCUT2D eigenvalue weighted by molar-refractivity contribution is 9.10. The Bertz CT molecular complexity index is 519. The lowest BCUT2D eigenvalue weighted by Gasteiger charge is -2.14. The smallest absolute Gasteiger partial charge is 0.208 e. The van der Waals surface area contributed by atoms with E-state index in [2.05, 4.69) is 27.6 Å². The lowest BCUT2D eigenvalue weighted by atomic mass is 10.1. The average molecular weight is 352 g/mol. The van der Waals surface area contributed by atoms with Crippen molar-refractivity contribution in [3.63, 3.8) is 0 Å². The molecule has 0 aliphatic carbocycles. The van der Waals surface area contributed by atoms with Gasteiger partial charge in [0.05, 0.1) is 0 Å². The lowest BCUT2D eigenvalue weighted by molar-refractivity contribution is 0.519. The Hall–Kier alpha value is -0.460. The highest BCUT2D eigenvalue weighted by Gasteiger charge is 2.21. The Labute approximate surface area is 122 Å². The molecule has 1 N–H and O–H groups in total. The first-order chi connectivity index (χ1) is 8.86. The fourth-order valence-electron chi connectivity index (χ4n) is 1.78. The molecule has 108 valence electrons. The Morgan fingerprint density at radius 1 is 1.37 bits per heavy atom. The summed E-state index contributed by atoms with van der Waals surface area (Å²) >= 11 is 3.10. The predicted octanol–water partition coefficient (Wildman–Crippen LogP) is 3.84. The molecule has 0 bridgehead atoms. The molecule has 0 amide bonds. The summed E-state index contributed by atoms with van der Waals surface area (Å²) in [5.41, 5.74) is 0. The van der Waals surface area contributed by atoms with E-state index in [9.17, 15) is 12.8 Å². The highest BCUT2D eigenvalue weighted by atomic mass is 79.9. The molecule has 0 saturated heterocycles. The quantitative estimate of drug-likeness (QED) is 0.758. The van der Waals surface area contributed by atoms with Gasteiger partial charge < -0.3 is 0 Å². The van der Waals surface area contributed by atoms with Crippen LogP contribution in [0.2, 0.25) is 0 Å². The molecule has 0 radical (unpaired) electrons. The molecule has 0 aliphatic heterocycles. The molecule has 1 unspecified atom stereocenters. The zero-order chi connectivity index (χ0) is 14.5. The molecular formula is C13H19BrFNO2S. The first-order valence-electron chi connectivity index (χ1n) is 6.34. The van der Waals surface area contributed by atoms with E-state index in [1.54, 1.807) is 6.92 Å². The van der Waals surface area contributed by atoms with Crippen molar-refractivity contribution in [2.45, 2.75) is 50.5 Å². The monoisotopic (exact) mass is 351 g/mol. The lowest BCUT2D eigenvalue weighted by Crippen LogP contribution is -2.33. The zero-order valence-electron chi connectivity index (χ0n) is 11.1. The normalized spacial score (nSPS) is 13.5. The summed E-state index contributed by atoms with van der Waals surface area (Å²) in [6.45, 7) is 3.88. The highest BCUT2D eigenvalue weighted by Crippen LogP contribution is 2.19. The van der Waals surface area contributed by atoms with Gasteiger partial charge in [-0.25, -0.2) is 17.5 Å². The number of unbranched alkanes of at least 4 members (excludes halogenated alkanes) is 2. The molecule has 0 spiro atoms. The summed E-state index contributed by atoms with van der Waals surface area (Å²) in [6.07, 6.45) is 3.87. The van der Waals surface area contributed by atoms with E-state index in [-0.39, 0.29) is 10.9 Å². The summed E-state index contributed by atoms with van der Waals surface area (Å²) in [5.74, 6) is -0.748. The number of halogens is 2. The van der Waals surface area contributed by atoms with Crippen molar-refractivity contribution in [1.29, 1.82) is 0 Å². The van der Waals surface area contributed by atoms with Crippen LogP contribution in [0.25, 0.3) is 0 Å². The van der Waals surface area contributed by atoms with Gasteiger partial charge in [-0.05, 0) is 31.5 Å². The maximum atomic E-state index is 13.7. The third-order valence-electron chi connectivity index (χ3n) is 2.78.